The molecule has 19 heavy (non-hydrogen) atoms. The first-order valence-corrected chi connectivity index (χ1v) is 6.30. The maximum Gasteiger partial charge on any atom is 0.237 e. The largest absolute Gasteiger partial charge is 0.385 e. The van der Waals surface area contributed by atoms with E-state index in [4.69, 9.17) is 10.5 Å². The summed E-state index contributed by atoms with van der Waals surface area (Å²) in [5.41, 5.74) is 6.94. The summed E-state index contributed by atoms with van der Waals surface area (Å²) in [5.74, 6) is -0.0868. The molecule has 0 spiro atoms. The van der Waals surface area contributed by atoms with Gasteiger partial charge in [-0.15, -0.1) is 12.4 Å². The van der Waals surface area contributed by atoms with Crippen LogP contribution in [0.2, 0.25) is 0 Å². The van der Waals surface area contributed by atoms with E-state index in [2.05, 4.69) is 5.32 Å². The zero-order valence-corrected chi connectivity index (χ0v) is 12.1. The Morgan fingerprint density at radius 1 is 1.32 bits per heavy atom. The van der Waals surface area contributed by atoms with Crippen molar-refractivity contribution < 1.29 is 9.53 Å². The third-order valence-corrected chi connectivity index (χ3v) is 2.71. The molecule has 108 valence electrons. The van der Waals surface area contributed by atoms with Crippen molar-refractivity contribution in [3.8, 4) is 0 Å². The number of hydrogen-bond acceptors (Lipinski definition) is 3. The average Bonchev–Trinajstić information content (AvgIpc) is 2.39. The van der Waals surface area contributed by atoms with Gasteiger partial charge < -0.3 is 15.8 Å². The fourth-order valence-corrected chi connectivity index (χ4v) is 1.67. The molecule has 0 heterocycles. The predicted molar refractivity (Wildman–Crippen MR) is 79.5 cm³/mol. The fourth-order valence-electron chi connectivity index (χ4n) is 1.67. The topological polar surface area (TPSA) is 64.3 Å². The Hall–Kier alpha value is -1.10. The first-order valence-electron chi connectivity index (χ1n) is 6.30. The summed E-state index contributed by atoms with van der Waals surface area (Å²) in [6.07, 6.45) is 2.44. The van der Waals surface area contributed by atoms with Crippen LogP contribution in [0, 0.1) is 0 Å². The molecule has 4 nitrogen and oxygen atoms in total. The lowest BCUT2D eigenvalue weighted by Gasteiger charge is -2.12. The van der Waals surface area contributed by atoms with Gasteiger partial charge in [0.25, 0.3) is 0 Å². The first-order chi connectivity index (χ1) is 8.74. The minimum absolute atomic E-state index is 0. The molecule has 0 saturated carbocycles. The fraction of sp³-hybridized carbons (Fsp3) is 0.500. The Morgan fingerprint density at radius 3 is 2.63 bits per heavy atom. The van der Waals surface area contributed by atoms with Gasteiger partial charge in [-0.2, -0.15) is 0 Å². The second-order valence-corrected chi connectivity index (χ2v) is 4.29. The van der Waals surface area contributed by atoms with E-state index < -0.39 is 6.04 Å². The van der Waals surface area contributed by atoms with Gasteiger partial charge in [-0.05, 0) is 24.8 Å². The molecule has 0 aliphatic rings. The summed E-state index contributed by atoms with van der Waals surface area (Å²) in [6.45, 7) is 1.39. The Kier molecular flexibility index (Phi) is 10.2. The smallest absolute Gasteiger partial charge is 0.237 e. The molecule has 1 amide bonds. The number of ether oxygens (including phenoxy) is 1. The summed E-state index contributed by atoms with van der Waals surface area (Å²) in [4.78, 5) is 11.7. The average molecular weight is 287 g/mol. The number of nitrogens with one attached hydrogen (secondary N) is 1. The van der Waals surface area contributed by atoms with Crippen molar-refractivity contribution in [3.63, 3.8) is 0 Å². The molecule has 0 bridgehead atoms. The normalized spacial score (nSPS) is 11.5. The van der Waals surface area contributed by atoms with Gasteiger partial charge in [0.15, 0.2) is 0 Å². The molecule has 0 aliphatic heterocycles. The van der Waals surface area contributed by atoms with Crippen LogP contribution in [0.15, 0.2) is 30.3 Å². The lowest BCUT2D eigenvalue weighted by Crippen LogP contribution is -2.42. The van der Waals surface area contributed by atoms with Crippen LogP contribution in [-0.2, 0) is 16.0 Å². The predicted octanol–water partition coefficient (Wildman–Crippen LogP) is 1.52. The number of nitrogens with two attached hydrogens (primary N) is 1. The number of methoxy groups -OCH3 is 1. The van der Waals surface area contributed by atoms with Gasteiger partial charge in [-0.1, -0.05) is 30.3 Å². The van der Waals surface area contributed by atoms with Crippen molar-refractivity contribution in [1.82, 2.24) is 5.32 Å². The van der Waals surface area contributed by atoms with Gasteiger partial charge in [0.2, 0.25) is 5.91 Å². The Bertz CT molecular complexity index is 347. The van der Waals surface area contributed by atoms with Crippen molar-refractivity contribution in [2.45, 2.75) is 25.3 Å². The Morgan fingerprint density at radius 2 is 2.00 bits per heavy atom. The lowest BCUT2D eigenvalue weighted by molar-refractivity contribution is -0.122. The van der Waals surface area contributed by atoms with Gasteiger partial charge >= 0.3 is 0 Å². The van der Waals surface area contributed by atoms with Crippen LogP contribution in [0.1, 0.15) is 18.4 Å². The molecule has 5 heteroatoms. The monoisotopic (exact) mass is 286 g/mol. The van der Waals surface area contributed by atoms with Crippen LogP contribution < -0.4 is 11.1 Å². The lowest BCUT2D eigenvalue weighted by atomic mass is 10.1. The van der Waals surface area contributed by atoms with E-state index >= 15 is 0 Å². The van der Waals surface area contributed by atoms with Gasteiger partial charge in [0.1, 0.15) is 0 Å². The summed E-state index contributed by atoms with van der Waals surface area (Å²) < 4.78 is 4.94. The number of amides is 1. The zero-order chi connectivity index (χ0) is 13.2. The van der Waals surface area contributed by atoms with Gasteiger partial charge in [-0.3, -0.25) is 4.79 Å². The number of benzene rings is 1. The van der Waals surface area contributed by atoms with Gasteiger partial charge in [-0.25, -0.2) is 0 Å². The maximum atomic E-state index is 11.7. The summed E-state index contributed by atoms with van der Waals surface area (Å²) in [6, 6.07) is 9.33. The molecule has 3 N–H and O–H groups in total. The number of hydrogen-bond donors (Lipinski definition) is 2. The highest BCUT2D eigenvalue weighted by Crippen LogP contribution is 2.01. The van der Waals surface area contributed by atoms with Crippen LogP contribution >= 0.6 is 12.4 Å². The van der Waals surface area contributed by atoms with E-state index in [1.54, 1.807) is 7.11 Å². The van der Waals surface area contributed by atoms with Crippen LogP contribution in [0.3, 0.4) is 0 Å². The first kappa shape index (κ1) is 17.9. The van der Waals surface area contributed by atoms with Crippen molar-refractivity contribution in [2.24, 2.45) is 5.73 Å². The summed E-state index contributed by atoms with van der Waals surface area (Å²) in [5, 5.41) is 2.84. The molecule has 0 aromatic heterocycles. The van der Waals surface area contributed by atoms with Crippen LogP contribution in [-0.4, -0.2) is 32.2 Å². The third-order valence-electron chi connectivity index (χ3n) is 2.71. The second kappa shape index (κ2) is 10.8. The van der Waals surface area contributed by atoms with Crippen molar-refractivity contribution >= 4 is 18.3 Å². The van der Waals surface area contributed by atoms with Crippen molar-refractivity contribution in [3.05, 3.63) is 35.9 Å². The molecule has 0 radical (unpaired) electrons. The maximum absolute atomic E-state index is 11.7. The number of carbonyl (C=O) groups is 1. The molecule has 0 aliphatic carbocycles. The van der Waals surface area contributed by atoms with E-state index in [9.17, 15) is 4.79 Å². The molecular weight excluding hydrogens is 264 g/mol. The highest BCUT2D eigenvalue weighted by molar-refractivity contribution is 5.85. The number of unbranched alkanes of at least 4 members (excludes halogenated alkanes) is 1. The van der Waals surface area contributed by atoms with Gasteiger partial charge in [0.05, 0.1) is 6.04 Å². The van der Waals surface area contributed by atoms with Crippen LogP contribution in [0.4, 0.5) is 0 Å². The van der Waals surface area contributed by atoms with E-state index in [-0.39, 0.29) is 18.3 Å². The Balaban J connectivity index is 0.00000324. The number of rotatable bonds is 8. The van der Waals surface area contributed by atoms with E-state index in [1.165, 1.54) is 0 Å². The van der Waals surface area contributed by atoms with Gasteiger partial charge in [0, 0.05) is 20.3 Å². The summed E-state index contributed by atoms with van der Waals surface area (Å²) >= 11 is 0. The molecule has 1 rings (SSSR count). The highest BCUT2D eigenvalue weighted by Gasteiger charge is 2.12. The minimum Gasteiger partial charge on any atom is -0.385 e. The molecule has 1 aromatic carbocycles. The van der Waals surface area contributed by atoms with E-state index in [0.29, 0.717) is 13.0 Å². The number of halogens is 1. The SMILES string of the molecule is COCCCCNC(=O)C(N)Cc1ccccc1.Cl. The van der Waals surface area contributed by atoms with Crippen LogP contribution in [0.25, 0.3) is 0 Å². The summed E-state index contributed by atoms with van der Waals surface area (Å²) in [7, 11) is 1.67. The van der Waals surface area contributed by atoms with E-state index in [1.807, 2.05) is 30.3 Å². The highest BCUT2D eigenvalue weighted by atomic mass is 35.5. The third kappa shape index (κ3) is 7.82. The standard InChI is InChI=1S/C14H22N2O2.ClH/c1-18-10-6-5-9-16-14(17)13(15)11-12-7-3-2-4-8-12;/h2-4,7-8,13H,5-6,9-11,15H2,1H3,(H,16,17);1H. The molecule has 1 unspecified atom stereocenters. The minimum atomic E-state index is -0.477. The zero-order valence-electron chi connectivity index (χ0n) is 11.3. The Labute approximate surface area is 121 Å². The molecular formula is C14H23ClN2O2. The molecule has 0 fully saturated rings. The van der Waals surface area contributed by atoms with E-state index in [0.717, 1.165) is 25.0 Å². The van der Waals surface area contributed by atoms with Crippen molar-refractivity contribution in [2.75, 3.05) is 20.3 Å². The van der Waals surface area contributed by atoms with Crippen LogP contribution in [0.5, 0.6) is 0 Å². The molecule has 0 saturated heterocycles. The molecule has 1 aromatic rings. The molecule has 1 atom stereocenters. The second-order valence-electron chi connectivity index (χ2n) is 4.29. The number of carbonyl (C=O) groups excluding carboxylic acids is 1. The quantitative estimate of drug-likeness (QED) is 0.712. The van der Waals surface area contributed by atoms with Crippen molar-refractivity contribution in [1.29, 1.82) is 0 Å².